The SMILES string of the molecule is COc1cc2nc(C)ccc2cc1-c1cnc(C(CC=CCCC(=O)c2ccon2)NC(=O)C2CN(C)C2)o1. The van der Waals surface area contributed by atoms with E-state index in [2.05, 4.69) is 25.3 Å². The lowest BCUT2D eigenvalue weighted by Gasteiger charge is -2.35. The highest BCUT2D eigenvalue weighted by atomic mass is 16.5. The summed E-state index contributed by atoms with van der Waals surface area (Å²) in [6, 6.07) is 8.91. The number of oxazole rings is 1. The highest BCUT2D eigenvalue weighted by Crippen LogP contribution is 2.35. The van der Waals surface area contributed by atoms with Crippen LogP contribution in [0.2, 0.25) is 0 Å². The van der Waals surface area contributed by atoms with Crippen LogP contribution in [0.3, 0.4) is 0 Å². The molecule has 5 rings (SSSR count). The Morgan fingerprint density at radius 2 is 2.08 bits per heavy atom. The molecule has 10 heteroatoms. The summed E-state index contributed by atoms with van der Waals surface area (Å²) in [7, 11) is 3.59. The number of ketones is 1. The van der Waals surface area contributed by atoms with Crippen LogP contribution in [0.15, 0.2) is 63.9 Å². The van der Waals surface area contributed by atoms with E-state index in [1.807, 2.05) is 50.4 Å². The fraction of sp³-hybridized carbons (Fsp3) is 0.345. The molecule has 1 amide bonds. The number of benzene rings is 1. The molecule has 1 aromatic carbocycles. The molecule has 0 bridgehead atoms. The van der Waals surface area contributed by atoms with E-state index >= 15 is 0 Å². The standard InChI is InChI=1S/C29H31N5O5/c1-18-9-10-19-13-21(26(37-3)14-24(19)31-18)27-15-30-29(39-27)23(32-28(36)20-16-34(2)17-20)7-5-4-6-8-25(35)22-11-12-38-33-22/h4-5,9-15,20,23H,6-8,16-17H2,1-3H3,(H,32,36). The molecule has 0 aliphatic carbocycles. The maximum Gasteiger partial charge on any atom is 0.226 e. The van der Waals surface area contributed by atoms with Crippen molar-refractivity contribution in [2.45, 2.75) is 32.2 Å². The number of carbonyl (C=O) groups is 2. The topological polar surface area (TPSA) is 124 Å². The van der Waals surface area contributed by atoms with Crippen molar-refractivity contribution in [3.63, 3.8) is 0 Å². The second-order valence-electron chi connectivity index (χ2n) is 9.79. The largest absolute Gasteiger partial charge is 0.496 e. The molecule has 39 heavy (non-hydrogen) atoms. The molecule has 1 saturated heterocycles. The van der Waals surface area contributed by atoms with Crippen LogP contribution in [0.1, 0.15) is 47.4 Å². The van der Waals surface area contributed by atoms with Gasteiger partial charge in [-0.1, -0.05) is 23.4 Å². The maximum atomic E-state index is 12.9. The number of hydrogen-bond acceptors (Lipinski definition) is 9. The molecule has 202 valence electrons. The van der Waals surface area contributed by atoms with Crippen LogP contribution >= 0.6 is 0 Å². The molecular weight excluding hydrogens is 498 g/mol. The first kappa shape index (κ1) is 26.3. The molecule has 0 saturated carbocycles. The van der Waals surface area contributed by atoms with Gasteiger partial charge in [-0.2, -0.15) is 0 Å². The highest BCUT2D eigenvalue weighted by Gasteiger charge is 2.32. The van der Waals surface area contributed by atoms with E-state index < -0.39 is 6.04 Å². The summed E-state index contributed by atoms with van der Waals surface area (Å²) in [5, 5.41) is 7.74. The van der Waals surface area contributed by atoms with Crippen molar-refractivity contribution in [2.75, 3.05) is 27.2 Å². The normalized spacial score (nSPS) is 14.9. The van der Waals surface area contributed by atoms with Gasteiger partial charge in [0, 0.05) is 42.7 Å². The summed E-state index contributed by atoms with van der Waals surface area (Å²) < 4.78 is 16.6. The van der Waals surface area contributed by atoms with Crippen LogP contribution in [0, 0.1) is 12.8 Å². The van der Waals surface area contributed by atoms with Crippen molar-refractivity contribution in [2.24, 2.45) is 5.92 Å². The first-order chi connectivity index (χ1) is 18.9. The van der Waals surface area contributed by atoms with E-state index in [4.69, 9.17) is 13.7 Å². The number of methoxy groups -OCH3 is 1. The lowest BCUT2D eigenvalue weighted by molar-refractivity contribution is -0.130. The average molecular weight is 530 g/mol. The lowest BCUT2D eigenvalue weighted by atomic mass is 9.99. The zero-order valence-electron chi connectivity index (χ0n) is 22.2. The average Bonchev–Trinajstić information content (AvgIpc) is 3.62. The van der Waals surface area contributed by atoms with Gasteiger partial charge in [-0.3, -0.25) is 14.6 Å². The lowest BCUT2D eigenvalue weighted by Crippen LogP contribution is -2.52. The van der Waals surface area contributed by atoms with E-state index in [0.717, 1.165) is 35.2 Å². The number of Topliss-reactive ketones (excluding diaryl/α,β-unsaturated/α-hetero) is 1. The number of fused-ring (bicyclic) bond motifs is 1. The van der Waals surface area contributed by atoms with Crippen LogP contribution in [0.25, 0.3) is 22.2 Å². The van der Waals surface area contributed by atoms with Gasteiger partial charge in [0.15, 0.2) is 11.5 Å². The third-order valence-electron chi connectivity index (χ3n) is 6.79. The number of likely N-dealkylation sites (tertiary alicyclic amines) is 1. The predicted molar refractivity (Wildman–Crippen MR) is 144 cm³/mol. The van der Waals surface area contributed by atoms with Crippen LogP contribution in [0.4, 0.5) is 0 Å². The number of carbonyl (C=O) groups excluding carboxylic acids is 2. The molecule has 10 nitrogen and oxygen atoms in total. The number of nitrogens with one attached hydrogen (secondary N) is 1. The molecule has 1 atom stereocenters. The molecule has 1 unspecified atom stereocenters. The molecular formula is C29H31N5O5. The summed E-state index contributed by atoms with van der Waals surface area (Å²) in [6.07, 6.45) is 8.20. The third-order valence-corrected chi connectivity index (χ3v) is 6.79. The zero-order chi connectivity index (χ0) is 27.4. The number of nitrogens with zero attached hydrogens (tertiary/aromatic N) is 4. The third kappa shape index (κ3) is 6.06. The quantitative estimate of drug-likeness (QED) is 0.221. The maximum absolute atomic E-state index is 12.9. The Kier molecular flexibility index (Phi) is 7.83. The minimum absolute atomic E-state index is 0.0304. The van der Waals surface area contributed by atoms with E-state index in [0.29, 0.717) is 42.4 Å². The van der Waals surface area contributed by atoms with Crippen molar-refractivity contribution < 1.29 is 23.3 Å². The highest BCUT2D eigenvalue weighted by molar-refractivity contribution is 5.94. The van der Waals surface area contributed by atoms with Crippen molar-refractivity contribution in [1.29, 1.82) is 0 Å². The number of amides is 1. The van der Waals surface area contributed by atoms with Gasteiger partial charge in [-0.05, 0) is 38.9 Å². The monoisotopic (exact) mass is 529 g/mol. The Morgan fingerprint density at radius 1 is 1.23 bits per heavy atom. The van der Waals surface area contributed by atoms with Crippen LogP contribution < -0.4 is 10.1 Å². The van der Waals surface area contributed by atoms with E-state index in [1.165, 1.54) is 6.26 Å². The van der Waals surface area contributed by atoms with Crippen LogP contribution in [0.5, 0.6) is 5.75 Å². The summed E-state index contributed by atoms with van der Waals surface area (Å²) in [6.45, 7) is 3.38. The Morgan fingerprint density at radius 3 is 2.82 bits per heavy atom. The van der Waals surface area contributed by atoms with Crippen molar-refractivity contribution in [3.05, 3.63) is 72.2 Å². The van der Waals surface area contributed by atoms with Gasteiger partial charge in [-0.25, -0.2) is 4.98 Å². The molecule has 4 aromatic rings. The zero-order valence-corrected chi connectivity index (χ0v) is 22.2. The van der Waals surface area contributed by atoms with Gasteiger partial charge in [0.1, 0.15) is 23.7 Å². The minimum Gasteiger partial charge on any atom is -0.496 e. The number of allylic oxidation sites excluding steroid dienone is 1. The Labute approximate surface area is 226 Å². The number of hydrogen-bond donors (Lipinski definition) is 1. The van der Waals surface area contributed by atoms with Crippen LogP contribution in [-0.2, 0) is 4.79 Å². The molecule has 3 aromatic heterocycles. The van der Waals surface area contributed by atoms with Gasteiger partial charge in [0.2, 0.25) is 11.8 Å². The number of aromatic nitrogens is 3. The first-order valence-electron chi connectivity index (χ1n) is 12.9. The molecule has 1 aliphatic heterocycles. The van der Waals surface area contributed by atoms with E-state index in [-0.39, 0.29) is 17.6 Å². The van der Waals surface area contributed by atoms with Gasteiger partial charge >= 0.3 is 0 Å². The Bertz CT molecular complexity index is 1490. The van der Waals surface area contributed by atoms with Crippen molar-refractivity contribution >= 4 is 22.6 Å². The smallest absolute Gasteiger partial charge is 0.226 e. The number of ether oxygens (including phenoxy) is 1. The fourth-order valence-corrected chi connectivity index (χ4v) is 4.61. The summed E-state index contributed by atoms with van der Waals surface area (Å²) >= 11 is 0. The van der Waals surface area contributed by atoms with E-state index in [1.54, 1.807) is 19.4 Å². The molecule has 1 aliphatic rings. The van der Waals surface area contributed by atoms with Gasteiger partial charge in [0.25, 0.3) is 0 Å². The van der Waals surface area contributed by atoms with Gasteiger partial charge in [-0.15, -0.1) is 0 Å². The van der Waals surface area contributed by atoms with Crippen molar-refractivity contribution in [3.8, 4) is 17.1 Å². The van der Waals surface area contributed by atoms with E-state index in [9.17, 15) is 9.59 Å². The fourth-order valence-electron chi connectivity index (χ4n) is 4.61. The molecule has 0 radical (unpaired) electrons. The first-order valence-corrected chi connectivity index (χ1v) is 12.9. The molecule has 1 fully saturated rings. The summed E-state index contributed by atoms with van der Waals surface area (Å²) in [5.41, 5.74) is 2.83. The number of aryl methyl sites for hydroxylation is 1. The summed E-state index contributed by atoms with van der Waals surface area (Å²) in [4.78, 5) is 36.2. The van der Waals surface area contributed by atoms with Crippen LogP contribution in [-0.4, -0.2) is 59.0 Å². The second-order valence-corrected chi connectivity index (χ2v) is 9.79. The van der Waals surface area contributed by atoms with Gasteiger partial charge in [0.05, 0.1) is 30.3 Å². The molecule has 0 spiro atoms. The van der Waals surface area contributed by atoms with Crippen molar-refractivity contribution in [1.82, 2.24) is 25.3 Å². The summed E-state index contributed by atoms with van der Waals surface area (Å²) in [5.74, 6) is 1.38. The Balaban J connectivity index is 1.33. The minimum atomic E-state index is -0.463. The predicted octanol–water partition coefficient (Wildman–Crippen LogP) is 4.52. The Hall–Kier alpha value is -4.31. The number of pyridine rings is 1. The molecule has 4 heterocycles. The second kappa shape index (κ2) is 11.6. The molecule has 1 N–H and O–H groups in total. The number of rotatable bonds is 11. The van der Waals surface area contributed by atoms with Gasteiger partial charge < -0.3 is 23.9 Å².